The lowest BCUT2D eigenvalue weighted by molar-refractivity contribution is -0.143. The van der Waals surface area contributed by atoms with Gasteiger partial charge in [0, 0.05) is 11.4 Å². The van der Waals surface area contributed by atoms with Crippen LogP contribution in [0.15, 0.2) is 23.2 Å². The molecule has 0 amide bonds. The number of Topliss-reactive ketones (excluding diaryl/α,β-unsaturated/α-hetero) is 1. The number of halogens is 7. The van der Waals surface area contributed by atoms with Gasteiger partial charge in [-0.25, -0.2) is 9.78 Å². The van der Waals surface area contributed by atoms with Gasteiger partial charge in [0.2, 0.25) is 0 Å². The van der Waals surface area contributed by atoms with Gasteiger partial charge in [-0.15, -0.1) is 12.4 Å². The molecule has 0 radical (unpaired) electrons. The fourth-order valence-electron chi connectivity index (χ4n) is 2.94. The smallest absolute Gasteiger partial charge is 0.408 e. The van der Waals surface area contributed by atoms with E-state index in [0.717, 1.165) is 22.0 Å². The van der Waals surface area contributed by atoms with Gasteiger partial charge < -0.3 is 14.9 Å². The summed E-state index contributed by atoms with van der Waals surface area (Å²) < 4.78 is 84.8. The summed E-state index contributed by atoms with van der Waals surface area (Å²) >= 11 is 0. The number of aromatic nitrogens is 5. The van der Waals surface area contributed by atoms with Crippen molar-refractivity contribution in [3.8, 4) is 11.3 Å². The molecule has 17 heteroatoms. The predicted octanol–water partition coefficient (Wildman–Crippen LogP) is 3.90. The van der Waals surface area contributed by atoms with Crippen LogP contribution in [0.2, 0.25) is 0 Å². The van der Waals surface area contributed by atoms with Crippen molar-refractivity contribution in [1.29, 1.82) is 0 Å². The number of esters is 1. The molecule has 0 atom stereocenters. The molecule has 0 aliphatic heterocycles. The van der Waals surface area contributed by atoms with Crippen molar-refractivity contribution in [2.75, 3.05) is 13.2 Å². The number of ether oxygens (including phenoxy) is 1. The van der Waals surface area contributed by atoms with Gasteiger partial charge in [0.15, 0.2) is 23.6 Å². The third-order valence-electron chi connectivity index (χ3n) is 4.63. The summed E-state index contributed by atoms with van der Waals surface area (Å²) in [5.74, 6) is -1.08. The maximum Gasteiger partial charge on any atom is 0.408 e. The number of nitrogens with two attached hydrogens (primary N) is 1. The Morgan fingerprint density at radius 3 is 2.05 bits per heavy atom. The third-order valence-corrected chi connectivity index (χ3v) is 4.63. The molecule has 206 valence electrons. The lowest BCUT2D eigenvalue weighted by Crippen LogP contribution is -2.20. The van der Waals surface area contributed by atoms with Gasteiger partial charge in [-0.2, -0.15) is 36.5 Å². The first-order valence-electron chi connectivity index (χ1n) is 10.2. The molecule has 3 heterocycles. The molecule has 0 aliphatic carbocycles. The van der Waals surface area contributed by atoms with Crippen LogP contribution in [0.4, 0.5) is 26.3 Å². The number of oxazole rings is 1. The monoisotopic (exact) mass is 560 g/mol. The zero-order chi connectivity index (χ0) is 27.3. The molecule has 0 bridgehead atoms. The summed E-state index contributed by atoms with van der Waals surface area (Å²) in [6, 6.07) is 0. The number of nitrogens with zero attached hydrogens (tertiary/aromatic N) is 5. The van der Waals surface area contributed by atoms with Gasteiger partial charge in [0.25, 0.3) is 0 Å². The summed E-state index contributed by atoms with van der Waals surface area (Å²) in [5, 5.41) is 7.15. The largest absolute Gasteiger partial charge is 0.461 e. The maximum absolute atomic E-state index is 12.4. The second-order valence-corrected chi connectivity index (χ2v) is 7.21. The van der Waals surface area contributed by atoms with E-state index in [4.69, 9.17) is 14.9 Å². The zero-order valence-electron chi connectivity index (χ0n) is 19.7. The van der Waals surface area contributed by atoms with Crippen LogP contribution in [0.1, 0.15) is 39.2 Å². The van der Waals surface area contributed by atoms with Crippen molar-refractivity contribution in [3.05, 3.63) is 41.4 Å². The van der Waals surface area contributed by atoms with Crippen LogP contribution >= 0.6 is 12.4 Å². The normalized spacial score (nSPS) is 11.4. The topological polar surface area (TPSA) is 131 Å². The molecule has 0 saturated carbocycles. The van der Waals surface area contributed by atoms with Gasteiger partial charge in [0.05, 0.1) is 36.7 Å². The van der Waals surface area contributed by atoms with E-state index < -0.39 is 37.2 Å². The molecular formula is C20H23ClF6N6O4. The van der Waals surface area contributed by atoms with E-state index in [2.05, 4.69) is 15.2 Å². The molecule has 3 aromatic heterocycles. The average molecular weight is 561 g/mol. The molecule has 37 heavy (non-hydrogen) atoms. The van der Waals surface area contributed by atoms with Gasteiger partial charge in [0.1, 0.15) is 13.1 Å². The molecule has 0 spiro atoms. The Bertz CT molecular complexity index is 1200. The summed E-state index contributed by atoms with van der Waals surface area (Å²) in [7, 11) is 0. The molecule has 0 aromatic carbocycles. The number of alkyl halides is 6. The van der Waals surface area contributed by atoms with Crippen LogP contribution in [0, 0.1) is 13.8 Å². The molecule has 0 saturated heterocycles. The Balaban J connectivity index is 0.000000381. The van der Waals surface area contributed by atoms with Crippen molar-refractivity contribution >= 4 is 24.2 Å². The summed E-state index contributed by atoms with van der Waals surface area (Å²) in [5.41, 5.74) is 5.81. The number of hydrogen-bond donors (Lipinski definition) is 1. The van der Waals surface area contributed by atoms with Gasteiger partial charge in [-0.3, -0.25) is 14.2 Å². The molecule has 0 fully saturated rings. The Labute approximate surface area is 212 Å². The van der Waals surface area contributed by atoms with E-state index in [9.17, 15) is 35.9 Å². The number of rotatable bonds is 7. The van der Waals surface area contributed by atoms with E-state index in [1.165, 1.54) is 20.0 Å². The molecule has 0 unspecified atom stereocenters. The van der Waals surface area contributed by atoms with Crippen molar-refractivity contribution in [2.24, 2.45) is 5.73 Å². The minimum Gasteiger partial charge on any atom is -0.461 e. The second-order valence-electron chi connectivity index (χ2n) is 7.21. The quantitative estimate of drug-likeness (QED) is 0.261. The summed E-state index contributed by atoms with van der Waals surface area (Å²) in [6.45, 7) is 1.98. The lowest BCUT2D eigenvalue weighted by atomic mass is 10.1. The van der Waals surface area contributed by atoms with Crippen LogP contribution in [-0.4, -0.2) is 61.8 Å². The molecule has 3 rings (SSSR count). The van der Waals surface area contributed by atoms with Gasteiger partial charge in [-0.05, 0) is 20.8 Å². The zero-order valence-corrected chi connectivity index (χ0v) is 20.5. The van der Waals surface area contributed by atoms with E-state index >= 15 is 0 Å². The lowest BCUT2D eigenvalue weighted by Gasteiger charge is -2.08. The SMILES string of the molecule is CCOC(=O)c1ncoc1-c1cnn(CC(F)(F)F)c1C.Cc1c(C(=O)CN)cnn1CC(F)(F)F.Cl. The number of carbonyl (C=O) groups is 2. The first-order chi connectivity index (χ1) is 16.7. The molecule has 3 aromatic rings. The first-order valence-corrected chi connectivity index (χ1v) is 10.2. The van der Waals surface area contributed by atoms with Crippen LogP contribution in [-0.2, 0) is 17.8 Å². The summed E-state index contributed by atoms with van der Waals surface area (Å²) in [4.78, 5) is 26.6. The molecular weight excluding hydrogens is 538 g/mol. The standard InChI is InChI=1S/C12H12F3N3O3.C8H10F3N3O.ClH/c1-3-20-11(19)9-10(21-6-16-9)8-4-17-18(7(8)2)5-12(13,14)15;1-5-6(7(15)2-12)3-13-14(5)4-8(9,10)11;/h4,6H,3,5H2,1-2H3;3H,2,4,12H2,1H3;1H. The van der Waals surface area contributed by atoms with Crippen LogP contribution < -0.4 is 5.73 Å². The fourth-order valence-corrected chi connectivity index (χ4v) is 2.94. The molecule has 10 nitrogen and oxygen atoms in total. The van der Waals surface area contributed by atoms with Crippen LogP contribution in [0.3, 0.4) is 0 Å². The number of hydrogen-bond acceptors (Lipinski definition) is 8. The van der Waals surface area contributed by atoms with Crippen molar-refractivity contribution < 1.29 is 45.1 Å². The molecule has 2 N–H and O–H groups in total. The first kappa shape index (κ1) is 31.6. The van der Waals surface area contributed by atoms with E-state index in [1.807, 2.05) is 0 Å². The Morgan fingerprint density at radius 2 is 1.54 bits per heavy atom. The van der Waals surface area contributed by atoms with Crippen LogP contribution in [0.25, 0.3) is 11.3 Å². The van der Waals surface area contributed by atoms with E-state index in [1.54, 1.807) is 6.92 Å². The summed E-state index contributed by atoms with van der Waals surface area (Å²) in [6.07, 6.45) is -5.40. The number of carbonyl (C=O) groups excluding carboxylic acids is 2. The minimum atomic E-state index is -4.39. The van der Waals surface area contributed by atoms with Crippen LogP contribution in [0.5, 0.6) is 0 Å². The van der Waals surface area contributed by atoms with Crippen molar-refractivity contribution in [3.63, 3.8) is 0 Å². The highest BCUT2D eigenvalue weighted by atomic mass is 35.5. The van der Waals surface area contributed by atoms with Gasteiger partial charge in [-0.1, -0.05) is 0 Å². The Hall–Kier alpha value is -3.40. The fraction of sp³-hybridized carbons (Fsp3) is 0.450. The average Bonchev–Trinajstić information content (AvgIpc) is 3.47. The van der Waals surface area contributed by atoms with E-state index in [0.29, 0.717) is 0 Å². The highest BCUT2D eigenvalue weighted by molar-refractivity contribution is 5.98. The molecule has 0 aliphatic rings. The highest BCUT2D eigenvalue weighted by Gasteiger charge is 2.31. The highest BCUT2D eigenvalue weighted by Crippen LogP contribution is 2.28. The Morgan fingerprint density at radius 1 is 1.00 bits per heavy atom. The predicted molar refractivity (Wildman–Crippen MR) is 118 cm³/mol. The Kier molecular flexibility index (Phi) is 10.9. The number of ketones is 1. The van der Waals surface area contributed by atoms with Gasteiger partial charge >= 0.3 is 18.3 Å². The van der Waals surface area contributed by atoms with E-state index in [-0.39, 0.29) is 59.5 Å². The minimum absolute atomic E-state index is 0. The maximum atomic E-state index is 12.4. The van der Waals surface area contributed by atoms with Crippen molar-refractivity contribution in [2.45, 2.75) is 46.2 Å². The van der Waals surface area contributed by atoms with Crippen molar-refractivity contribution in [1.82, 2.24) is 24.5 Å². The second kappa shape index (κ2) is 12.7. The third kappa shape index (κ3) is 8.59.